The molecule has 0 aromatic heterocycles. The van der Waals surface area contributed by atoms with E-state index in [-0.39, 0.29) is 29.8 Å². The minimum Gasteiger partial charge on any atom is -0.508 e. The van der Waals surface area contributed by atoms with Crippen molar-refractivity contribution in [2.45, 2.75) is 45.0 Å². The number of hydrogen-bond donors (Lipinski definition) is 4. The first-order valence-electron chi connectivity index (χ1n) is 7.20. The highest BCUT2D eigenvalue weighted by atomic mass is 16.6. The molecule has 7 heteroatoms. The maximum Gasteiger partial charge on any atom is 0.407 e. The lowest BCUT2D eigenvalue weighted by Crippen LogP contribution is -2.34. The number of carbonyl (C=O) groups is 1. The van der Waals surface area contributed by atoms with Gasteiger partial charge in [0.1, 0.15) is 17.5 Å². The number of rotatable bonds is 5. The molecule has 0 aliphatic carbocycles. The predicted octanol–water partition coefficient (Wildman–Crippen LogP) is 1.57. The van der Waals surface area contributed by atoms with Gasteiger partial charge in [0.15, 0.2) is 0 Å². The Hall–Kier alpha value is -2.30. The average Bonchev–Trinajstić information content (AvgIpc) is 2.45. The molecule has 0 heterocycles. The third kappa shape index (κ3) is 6.14. The van der Waals surface area contributed by atoms with Gasteiger partial charge in [-0.15, -0.1) is 0 Å². The molecule has 0 saturated heterocycles. The van der Waals surface area contributed by atoms with Crippen molar-refractivity contribution in [3.05, 3.63) is 29.3 Å². The number of aliphatic hydroxyl groups excluding tert-OH is 2. The van der Waals surface area contributed by atoms with E-state index in [9.17, 15) is 20.1 Å². The Morgan fingerprint density at radius 1 is 1.39 bits per heavy atom. The SMILES string of the molecule is CC(C)(C)OC(=O)NCCC(O)C(O)c1cc(C#N)ccc1O. The van der Waals surface area contributed by atoms with Crippen LogP contribution < -0.4 is 5.32 Å². The summed E-state index contributed by atoms with van der Waals surface area (Å²) < 4.78 is 5.04. The summed E-state index contributed by atoms with van der Waals surface area (Å²) in [6, 6.07) is 5.89. The van der Waals surface area contributed by atoms with Crippen LogP contribution in [0.4, 0.5) is 4.79 Å². The van der Waals surface area contributed by atoms with Crippen molar-refractivity contribution >= 4 is 6.09 Å². The number of amides is 1. The molecule has 2 atom stereocenters. The van der Waals surface area contributed by atoms with Crippen LogP contribution in [0.2, 0.25) is 0 Å². The van der Waals surface area contributed by atoms with Gasteiger partial charge in [0.05, 0.1) is 17.7 Å². The second-order valence-corrected chi connectivity index (χ2v) is 6.11. The van der Waals surface area contributed by atoms with E-state index in [2.05, 4.69) is 5.32 Å². The second kappa shape index (κ2) is 7.81. The highest BCUT2D eigenvalue weighted by Crippen LogP contribution is 2.28. The first-order valence-corrected chi connectivity index (χ1v) is 7.20. The molecule has 0 radical (unpaired) electrons. The van der Waals surface area contributed by atoms with Crippen LogP contribution in [0.3, 0.4) is 0 Å². The van der Waals surface area contributed by atoms with E-state index in [1.165, 1.54) is 18.2 Å². The van der Waals surface area contributed by atoms with Gasteiger partial charge in [0.2, 0.25) is 0 Å². The van der Waals surface area contributed by atoms with Crippen LogP contribution in [-0.2, 0) is 4.74 Å². The van der Waals surface area contributed by atoms with Gasteiger partial charge in [0, 0.05) is 12.1 Å². The van der Waals surface area contributed by atoms with Crippen molar-refractivity contribution in [3.63, 3.8) is 0 Å². The number of phenols is 1. The summed E-state index contributed by atoms with van der Waals surface area (Å²) in [6.45, 7) is 5.29. The number of hydrogen-bond acceptors (Lipinski definition) is 6. The third-order valence-corrected chi connectivity index (χ3v) is 2.95. The van der Waals surface area contributed by atoms with Crippen LogP contribution in [0.15, 0.2) is 18.2 Å². The van der Waals surface area contributed by atoms with Crippen LogP contribution in [0.1, 0.15) is 44.4 Å². The number of nitrogens with zero attached hydrogens (tertiary/aromatic N) is 1. The average molecular weight is 322 g/mol. The van der Waals surface area contributed by atoms with Crippen molar-refractivity contribution in [2.75, 3.05) is 6.54 Å². The zero-order valence-corrected chi connectivity index (χ0v) is 13.4. The Bertz CT molecular complexity index is 589. The Kier molecular flexibility index (Phi) is 6.37. The smallest absolute Gasteiger partial charge is 0.407 e. The molecule has 0 fully saturated rings. The highest BCUT2D eigenvalue weighted by molar-refractivity contribution is 5.67. The number of aliphatic hydroxyl groups is 2. The first-order chi connectivity index (χ1) is 10.6. The molecule has 4 N–H and O–H groups in total. The number of carbonyl (C=O) groups excluding carboxylic acids is 1. The zero-order chi connectivity index (χ0) is 17.6. The summed E-state index contributed by atoms with van der Waals surface area (Å²) in [5.41, 5.74) is -0.295. The molecule has 1 amide bonds. The number of benzene rings is 1. The number of aromatic hydroxyl groups is 1. The van der Waals surface area contributed by atoms with E-state index in [4.69, 9.17) is 10.00 Å². The molecule has 7 nitrogen and oxygen atoms in total. The molecule has 126 valence electrons. The van der Waals surface area contributed by atoms with Gasteiger partial charge in [-0.25, -0.2) is 4.79 Å². The Balaban J connectivity index is 2.57. The molecule has 1 aromatic rings. The third-order valence-electron chi connectivity index (χ3n) is 2.95. The summed E-state index contributed by atoms with van der Waals surface area (Å²) in [4.78, 5) is 11.5. The van der Waals surface area contributed by atoms with Crippen molar-refractivity contribution < 1.29 is 24.9 Å². The number of nitrogens with one attached hydrogen (secondary N) is 1. The zero-order valence-electron chi connectivity index (χ0n) is 13.4. The molecular formula is C16H22N2O5. The fourth-order valence-corrected chi connectivity index (χ4v) is 1.86. The van der Waals surface area contributed by atoms with Crippen LogP contribution in [0.25, 0.3) is 0 Å². The van der Waals surface area contributed by atoms with Gasteiger partial charge >= 0.3 is 6.09 Å². The minimum absolute atomic E-state index is 0.0522. The largest absolute Gasteiger partial charge is 0.508 e. The van der Waals surface area contributed by atoms with E-state index >= 15 is 0 Å². The normalized spacial score (nSPS) is 13.7. The Morgan fingerprint density at radius 2 is 2.04 bits per heavy atom. The lowest BCUT2D eigenvalue weighted by atomic mass is 9.99. The number of nitriles is 1. The molecule has 2 unspecified atom stereocenters. The quantitative estimate of drug-likeness (QED) is 0.652. The highest BCUT2D eigenvalue weighted by Gasteiger charge is 2.22. The van der Waals surface area contributed by atoms with E-state index in [0.717, 1.165) is 0 Å². The van der Waals surface area contributed by atoms with Gasteiger partial charge in [-0.2, -0.15) is 5.26 Å². The topological polar surface area (TPSA) is 123 Å². The molecule has 23 heavy (non-hydrogen) atoms. The summed E-state index contributed by atoms with van der Waals surface area (Å²) in [6.07, 6.45) is -3.15. The molecule has 0 aliphatic rings. The molecule has 0 bridgehead atoms. The van der Waals surface area contributed by atoms with Gasteiger partial charge in [-0.1, -0.05) is 0 Å². The molecule has 0 spiro atoms. The number of ether oxygens (including phenoxy) is 1. The lowest BCUT2D eigenvalue weighted by molar-refractivity contribution is 0.0110. The van der Waals surface area contributed by atoms with E-state index in [0.29, 0.717) is 0 Å². The summed E-state index contributed by atoms with van der Waals surface area (Å²) >= 11 is 0. The van der Waals surface area contributed by atoms with Gasteiger partial charge < -0.3 is 25.4 Å². The number of alkyl carbamates (subject to hydrolysis) is 1. The number of phenolic OH excluding ortho intramolecular Hbond substituents is 1. The predicted molar refractivity (Wildman–Crippen MR) is 82.6 cm³/mol. The maximum atomic E-state index is 11.5. The van der Waals surface area contributed by atoms with Crippen molar-refractivity contribution in [1.29, 1.82) is 5.26 Å². The fourth-order valence-electron chi connectivity index (χ4n) is 1.86. The fraction of sp³-hybridized carbons (Fsp3) is 0.500. The Morgan fingerprint density at radius 3 is 2.61 bits per heavy atom. The monoisotopic (exact) mass is 322 g/mol. The van der Waals surface area contributed by atoms with Crippen molar-refractivity contribution in [1.82, 2.24) is 5.32 Å². The van der Waals surface area contributed by atoms with E-state index in [1.54, 1.807) is 20.8 Å². The molecule has 0 saturated carbocycles. The van der Waals surface area contributed by atoms with Gasteiger partial charge in [0.25, 0.3) is 0 Å². The van der Waals surface area contributed by atoms with E-state index in [1.807, 2.05) is 6.07 Å². The molecule has 1 aromatic carbocycles. The molecule has 0 aliphatic heterocycles. The van der Waals surface area contributed by atoms with Crippen LogP contribution in [0.5, 0.6) is 5.75 Å². The Labute approximate surface area is 135 Å². The van der Waals surface area contributed by atoms with Crippen molar-refractivity contribution in [2.24, 2.45) is 0 Å². The van der Waals surface area contributed by atoms with Gasteiger partial charge in [-0.05, 0) is 45.4 Å². The standard InChI is InChI=1S/C16H22N2O5/c1-16(2,3)23-15(22)18-7-6-13(20)14(21)11-8-10(9-17)4-5-12(11)19/h4-5,8,13-14,19-21H,6-7H2,1-3H3,(H,18,22). The minimum atomic E-state index is -1.37. The first kappa shape index (κ1) is 18.7. The summed E-state index contributed by atoms with van der Waals surface area (Å²) in [7, 11) is 0. The van der Waals surface area contributed by atoms with Gasteiger partial charge in [-0.3, -0.25) is 0 Å². The summed E-state index contributed by atoms with van der Waals surface area (Å²) in [5, 5.41) is 41.1. The van der Waals surface area contributed by atoms with Crippen LogP contribution in [-0.4, -0.2) is 39.7 Å². The molecular weight excluding hydrogens is 300 g/mol. The van der Waals surface area contributed by atoms with Crippen LogP contribution >= 0.6 is 0 Å². The van der Waals surface area contributed by atoms with Crippen molar-refractivity contribution in [3.8, 4) is 11.8 Å². The molecule has 1 rings (SSSR count). The lowest BCUT2D eigenvalue weighted by Gasteiger charge is -2.21. The summed E-state index contributed by atoms with van der Waals surface area (Å²) in [5.74, 6) is -0.212. The van der Waals surface area contributed by atoms with E-state index < -0.39 is 23.9 Å². The van der Waals surface area contributed by atoms with Crippen LogP contribution in [0, 0.1) is 11.3 Å². The second-order valence-electron chi connectivity index (χ2n) is 6.11. The maximum absolute atomic E-state index is 11.5.